The first kappa shape index (κ1) is 26.5. The third kappa shape index (κ3) is 5.03. The summed E-state index contributed by atoms with van der Waals surface area (Å²) in [6.07, 6.45) is 2.74. The van der Waals surface area contributed by atoms with Gasteiger partial charge in [-0.3, -0.25) is 19.2 Å². The Morgan fingerprint density at radius 3 is 2.57 bits per heavy atom. The molecule has 0 radical (unpaired) electrons. The zero-order valence-corrected chi connectivity index (χ0v) is 22.5. The standard InChI is InChI=1S/C24H29ClN4O6S.ClH/c25-18-3-1-2-13-11-29(12-17(13)18)23(32)35-15-8-19(26-10-15)21(30)27-20-9-24(20,14-4-5-14)22(31)28-36(33,34)16-6-7-16;/h1-3,14-16,19-20,26H,4-12H2,(H,27,30)(H,28,31);1H/t15-,19+,20-,24+;/m1./s1. The molecule has 5 aliphatic rings. The molecule has 0 aromatic heterocycles. The molecule has 2 aliphatic heterocycles. The van der Waals surface area contributed by atoms with Gasteiger partial charge in [0.25, 0.3) is 0 Å². The van der Waals surface area contributed by atoms with E-state index >= 15 is 0 Å². The van der Waals surface area contributed by atoms with E-state index in [9.17, 15) is 22.8 Å². The average Bonchev–Trinajstić information content (AvgIpc) is 3.73. The fraction of sp³-hybridized carbons (Fsp3) is 0.625. The largest absolute Gasteiger partial charge is 0.445 e. The minimum Gasteiger partial charge on any atom is -0.445 e. The number of fused-ring (bicyclic) bond motifs is 1. The summed E-state index contributed by atoms with van der Waals surface area (Å²) in [6.45, 7) is 1.17. The lowest BCUT2D eigenvalue weighted by Crippen LogP contribution is -2.46. The molecule has 10 nitrogen and oxygen atoms in total. The van der Waals surface area contributed by atoms with Crippen LogP contribution in [-0.4, -0.2) is 61.2 Å². The predicted octanol–water partition coefficient (Wildman–Crippen LogP) is 1.84. The number of nitrogens with zero attached hydrogens (tertiary/aromatic N) is 1. The number of nitrogens with one attached hydrogen (secondary N) is 3. The molecule has 3 N–H and O–H groups in total. The van der Waals surface area contributed by atoms with Crippen LogP contribution >= 0.6 is 24.0 Å². The second-order valence-electron chi connectivity index (χ2n) is 10.7. The van der Waals surface area contributed by atoms with Gasteiger partial charge in [0.2, 0.25) is 21.8 Å². The van der Waals surface area contributed by atoms with E-state index in [-0.39, 0.29) is 30.3 Å². The van der Waals surface area contributed by atoms with Gasteiger partial charge in [-0.25, -0.2) is 13.2 Å². The summed E-state index contributed by atoms with van der Waals surface area (Å²) in [7, 11) is -3.63. The highest BCUT2D eigenvalue weighted by atomic mass is 35.5. The van der Waals surface area contributed by atoms with E-state index in [1.807, 2.05) is 12.1 Å². The zero-order chi connectivity index (χ0) is 25.2. The quantitative estimate of drug-likeness (QED) is 0.453. The van der Waals surface area contributed by atoms with Crippen molar-refractivity contribution in [2.75, 3.05) is 6.54 Å². The molecular formula is C24H30Cl2N4O6S. The second-order valence-corrected chi connectivity index (χ2v) is 13.1. The minimum atomic E-state index is -3.63. The Balaban J connectivity index is 0.00000280. The van der Waals surface area contributed by atoms with Crippen molar-refractivity contribution in [1.82, 2.24) is 20.3 Å². The minimum absolute atomic E-state index is 0. The monoisotopic (exact) mass is 572 g/mol. The van der Waals surface area contributed by atoms with E-state index in [4.69, 9.17) is 16.3 Å². The number of halogens is 2. The molecule has 0 bridgehead atoms. The summed E-state index contributed by atoms with van der Waals surface area (Å²) in [5, 5.41) is 6.20. The van der Waals surface area contributed by atoms with Crippen molar-refractivity contribution in [1.29, 1.82) is 0 Å². The van der Waals surface area contributed by atoms with Gasteiger partial charge in [-0.1, -0.05) is 23.7 Å². The lowest BCUT2D eigenvalue weighted by atomic mass is 9.98. The Labute approximate surface area is 226 Å². The molecule has 4 fully saturated rings. The molecule has 2 heterocycles. The van der Waals surface area contributed by atoms with Crippen molar-refractivity contribution < 1.29 is 27.5 Å². The van der Waals surface area contributed by atoms with Crippen molar-refractivity contribution in [2.45, 2.75) is 75.1 Å². The molecule has 3 amide bonds. The van der Waals surface area contributed by atoms with E-state index in [0.29, 0.717) is 50.3 Å². The molecule has 0 unspecified atom stereocenters. The smallest absolute Gasteiger partial charge is 0.410 e. The van der Waals surface area contributed by atoms with Crippen LogP contribution in [0, 0.1) is 11.3 Å². The normalized spacial score (nSPS) is 30.2. The van der Waals surface area contributed by atoms with E-state index in [2.05, 4.69) is 15.4 Å². The summed E-state index contributed by atoms with van der Waals surface area (Å²) < 4.78 is 32.5. The molecule has 1 aromatic carbocycles. The van der Waals surface area contributed by atoms with Crippen LogP contribution in [-0.2, 0) is 37.4 Å². The highest BCUT2D eigenvalue weighted by molar-refractivity contribution is 7.90. The molecule has 13 heteroatoms. The first-order valence-electron chi connectivity index (χ1n) is 12.5. The number of benzene rings is 1. The van der Waals surface area contributed by atoms with E-state index < -0.39 is 44.8 Å². The Morgan fingerprint density at radius 2 is 1.89 bits per heavy atom. The highest BCUT2D eigenvalue weighted by Gasteiger charge is 2.68. The molecule has 1 aromatic rings. The fourth-order valence-corrected chi connectivity index (χ4v) is 7.25. The molecule has 37 heavy (non-hydrogen) atoms. The number of hydrogen-bond acceptors (Lipinski definition) is 7. The molecule has 3 aliphatic carbocycles. The molecule has 202 valence electrons. The van der Waals surface area contributed by atoms with Gasteiger partial charge in [0.15, 0.2) is 0 Å². The van der Waals surface area contributed by atoms with Crippen molar-refractivity contribution in [2.24, 2.45) is 11.3 Å². The zero-order valence-electron chi connectivity index (χ0n) is 20.1. The number of amides is 3. The number of ether oxygens (including phenoxy) is 1. The van der Waals surface area contributed by atoms with Gasteiger partial charge < -0.3 is 15.4 Å². The van der Waals surface area contributed by atoms with Crippen LogP contribution in [0.1, 0.15) is 49.7 Å². The summed E-state index contributed by atoms with van der Waals surface area (Å²) >= 11 is 6.23. The van der Waals surface area contributed by atoms with Gasteiger partial charge in [0.05, 0.1) is 23.3 Å². The van der Waals surface area contributed by atoms with E-state index in [0.717, 1.165) is 24.0 Å². The third-order valence-electron chi connectivity index (χ3n) is 8.11. The Bertz CT molecular complexity index is 1240. The van der Waals surface area contributed by atoms with Crippen LogP contribution in [0.2, 0.25) is 5.02 Å². The van der Waals surface area contributed by atoms with Gasteiger partial charge >= 0.3 is 6.09 Å². The maximum atomic E-state index is 12.9. The first-order valence-corrected chi connectivity index (χ1v) is 14.4. The molecule has 0 spiro atoms. The van der Waals surface area contributed by atoms with E-state index in [1.165, 1.54) is 0 Å². The van der Waals surface area contributed by atoms with Crippen molar-refractivity contribution in [3.63, 3.8) is 0 Å². The fourth-order valence-electron chi connectivity index (χ4n) is 5.62. The van der Waals surface area contributed by atoms with Gasteiger partial charge in [-0.05, 0) is 55.2 Å². The summed E-state index contributed by atoms with van der Waals surface area (Å²) in [6, 6.07) is 4.65. The number of sulfonamides is 1. The maximum Gasteiger partial charge on any atom is 0.410 e. The highest BCUT2D eigenvalue weighted by Crippen LogP contribution is 2.61. The lowest BCUT2D eigenvalue weighted by Gasteiger charge is -2.19. The molecule has 6 rings (SSSR count). The topological polar surface area (TPSA) is 134 Å². The van der Waals surface area contributed by atoms with Crippen LogP contribution in [0.25, 0.3) is 0 Å². The summed E-state index contributed by atoms with van der Waals surface area (Å²) in [4.78, 5) is 40.2. The summed E-state index contributed by atoms with van der Waals surface area (Å²) in [5.74, 6) is -0.653. The Kier molecular flexibility index (Phi) is 6.87. The predicted molar refractivity (Wildman–Crippen MR) is 136 cm³/mol. The number of carbonyl (C=O) groups is 3. The van der Waals surface area contributed by atoms with Crippen LogP contribution in [0.4, 0.5) is 4.79 Å². The van der Waals surface area contributed by atoms with Crippen molar-refractivity contribution in [3.8, 4) is 0 Å². The lowest BCUT2D eigenvalue weighted by molar-refractivity contribution is -0.126. The summed E-state index contributed by atoms with van der Waals surface area (Å²) in [5.41, 5.74) is 1.09. The Hall–Kier alpha value is -2.08. The number of hydrogen-bond donors (Lipinski definition) is 3. The van der Waals surface area contributed by atoms with Gasteiger partial charge in [-0.15, -0.1) is 12.4 Å². The molecular weight excluding hydrogens is 543 g/mol. The maximum absolute atomic E-state index is 12.9. The van der Waals surface area contributed by atoms with Crippen LogP contribution in [0.15, 0.2) is 18.2 Å². The second kappa shape index (κ2) is 9.59. The van der Waals surface area contributed by atoms with Crippen LogP contribution in [0.5, 0.6) is 0 Å². The Morgan fingerprint density at radius 1 is 1.14 bits per heavy atom. The van der Waals surface area contributed by atoms with Crippen LogP contribution in [0.3, 0.4) is 0 Å². The third-order valence-corrected chi connectivity index (χ3v) is 10.3. The molecule has 4 atom stereocenters. The average molecular weight is 573 g/mol. The van der Waals surface area contributed by atoms with Gasteiger partial charge in [-0.2, -0.15) is 0 Å². The SMILES string of the molecule is Cl.O=C(N[C@@H]1C[C@]1(C(=O)NS(=O)(=O)C1CC1)C1CC1)[C@@H]1C[C@@H](OC(=O)N2Cc3cccc(Cl)c3C2)CN1. The molecule has 1 saturated heterocycles. The van der Waals surface area contributed by atoms with Crippen molar-refractivity contribution >= 4 is 51.9 Å². The molecule has 3 saturated carbocycles. The number of carbonyl (C=O) groups excluding carboxylic acids is 3. The van der Waals surface area contributed by atoms with Crippen LogP contribution < -0.4 is 15.4 Å². The first-order chi connectivity index (χ1) is 17.2. The van der Waals surface area contributed by atoms with Gasteiger partial charge in [0, 0.05) is 30.6 Å². The van der Waals surface area contributed by atoms with Crippen molar-refractivity contribution in [3.05, 3.63) is 34.3 Å². The van der Waals surface area contributed by atoms with Gasteiger partial charge in [0.1, 0.15) is 6.10 Å². The number of rotatable bonds is 7. The van der Waals surface area contributed by atoms with E-state index in [1.54, 1.807) is 11.0 Å².